The number of hydrogen-bond acceptors (Lipinski definition) is 3. The van der Waals surface area contributed by atoms with Crippen LogP contribution in [-0.2, 0) is 0 Å². The minimum absolute atomic E-state index is 0.350. The number of aromatic nitrogens is 2. The molecule has 4 nitrogen and oxygen atoms in total. The third-order valence-electron chi connectivity index (χ3n) is 1.27. The average Bonchev–Trinajstić information content (AvgIpc) is 2.36. The fraction of sp³-hybridized carbons (Fsp3) is 0. The van der Waals surface area contributed by atoms with Crippen LogP contribution in [-0.4, -0.2) is 9.97 Å². The van der Waals surface area contributed by atoms with E-state index < -0.39 is 5.63 Å². The van der Waals surface area contributed by atoms with Crippen LogP contribution in [0, 0.1) is 0 Å². The molecule has 2 aromatic heterocycles. The van der Waals surface area contributed by atoms with Crippen molar-refractivity contribution >= 4 is 11.0 Å². The van der Waals surface area contributed by atoms with E-state index >= 15 is 0 Å². The van der Waals surface area contributed by atoms with Gasteiger partial charge in [-0.25, -0.2) is 9.78 Å². The first kappa shape index (κ1) is 5.22. The first-order valence-corrected chi connectivity index (χ1v) is 2.79. The molecule has 0 amide bonds. The molecule has 0 unspecified atom stereocenters. The Bertz CT molecular complexity index is 401. The monoisotopic (exact) mass is 136 g/mol. The quantitative estimate of drug-likeness (QED) is 0.574. The lowest BCUT2D eigenvalue weighted by atomic mass is 10.4. The highest BCUT2D eigenvalue weighted by Gasteiger charge is 1.98. The van der Waals surface area contributed by atoms with E-state index in [0.717, 1.165) is 0 Å². The van der Waals surface area contributed by atoms with Crippen LogP contribution in [0.15, 0.2) is 27.9 Å². The van der Waals surface area contributed by atoms with E-state index in [1.165, 1.54) is 12.6 Å². The fourth-order valence-electron chi connectivity index (χ4n) is 0.814. The van der Waals surface area contributed by atoms with Crippen LogP contribution in [0.25, 0.3) is 11.0 Å². The molecule has 2 aromatic rings. The van der Waals surface area contributed by atoms with Crippen molar-refractivity contribution in [3.05, 3.63) is 29.1 Å². The highest BCUT2D eigenvalue weighted by atomic mass is 16.4. The van der Waals surface area contributed by atoms with Gasteiger partial charge in [-0.2, -0.15) is 0 Å². The summed E-state index contributed by atoms with van der Waals surface area (Å²) >= 11 is 0. The zero-order chi connectivity index (χ0) is 6.97. The molecular formula is C6H4N2O2. The largest absolute Gasteiger partial charge is 0.430 e. The van der Waals surface area contributed by atoms with Gasteiger partial charge in [0, 0.05) is 0 Å². The maximum atomic E-state index is 10.8. The first-order valence-electron chi connectivity index (χ1n) is 2.79. The molecule has 10 heavy (non-hydrogen) atoms. The Morgan fingerprint density at radius 1 is 1.60 bits per heavy atom. The van der Waals surface area contributed by atoms with Gasteiger partial charge in [0.25, 0.3) is 0 Å². The second-order valence-electron chi connectivity index (χ2n) is 1.87. The topological polar surface area (TPSA) is 58.9 Å². The van der Waals surface area contributed by atoms with Crippen LogP contribution < -0.4 is 5.63 Å². The molecule has 0 atom stereocenters. The minimum Gasteiger partial charge on any atom is -0.430 e. The molecule has 0 radical (unpaired) electrons. The second-order valence-corrected chi connectivity index (χ2v) is 1.87. The van der Waals surface area contributed by atoms with E-state index in [1.807, 2.05) is 0 Å². The molecule has 0 fully saturated rings. The Morgan fingerprint density at radius 2 is 2.50 bits per heavy atom. The maximum absolute atomic E-state index is 10.8. The average molecular weight is 136 g/mol. The number of H-pyrrole nitrogens is 1. The molecule has 2 rings (SSSR count). The van der Waals surface area contributed by atoms with E-state index in [-0.39, 0.29) is 0 Å². The van der Waals surface area contributed by atoms with Gasteiger partial charge in [-0.1, -0.05) is 0 Å². The summed E-state index contributed by atoms with van der Waals surface area (Å²) in [6.45, 7) is 0. The minimum atomic E-state index is -0.404. The van der Waals surface area contributed by atoms with Crippen LogP contribution in [0.5, 0.6) is 0 Å². The van der Waals surface area contributed by atoms with E-state index in [4.69, 9.17) is 0 Å². The van der Waals surface area contributed by atoms with Gasteiger partial charge in [0.05, 0.1) is 18.1 Å². The van der Waals surface area contributed by atoms with Crippen LogP contribution >= 0.6 is 0 Å². The molecule has 0 bridgehead atoms. The van der Waals surface area contributed by atoms with Crippen molar-refractivity contribution in [2.24, 2.45) is 0 Å². The van der Waals surface area contributed by atoms with Crippen LogP contribution in [0.2, 0.25) is 0 Å². The number of imidazole rings is 1. The summed E-state index contributed by atoms with van der Waals surface area (Å²) in [5.41, 5.74) is 0.650. The van der Waals surface area contributed by atoms with Crippen LogP contribution in [0.4, 0.5) is 0 Å². The molecule has 4 heteroatoms. The van der Waals surface area contributed by atoms with Gasteiger partial charge < -0.3 is 9.40 Å². The van der Waals surface area contributed by atoms with Crippen molar-refractivity contribution in [1.29, 1.82) is 0 Å². The van der Waals surface area contributed by atoms with Gasteiger partial charge in [-0.3, -0.25) is 0 Å². The predicted octanol–water partition coefficient (Wildman–Crippen LogP) is 0.516. The van der Waals surface area contributed by atoms with Gasteiger partial charge in [-0.05, 0) is 6.07 Å². The molecule has 0 spiro atoms. The van der Waals surface area contributed by atoms with E-state index in [2.05, 4.69) is 14.4 Å². The third-order valence-corrected chi connectivity index (χ3v) is 1.27. The zero-order valence-electron chi connectivity index (χ0n) is 5.00. The van der Waals surface area contributed by atoms with Crippen molar-refractivity contribution in [2.75, 3.05) is 0 Å². The Labute approximate surface area is 55.5 Å². The first-order chi connectivity index (χ1) is 4.88. The van der Waals surface area contributed by atoms with Gasteiger partial charge in [0.2, 0.25) is 0 Å². The Hall–Kier alpha value is -1.58. The van der Waals surface area contributed by atoms with Crippen molar-refractivity contribution in [2.45, 2.75) is 0 Å². The highest BCUT2D eigenvalue weighted by Crippen LogP contribution is 2.00. The van der Waals surface area contributed by atoms with Crippen molar-refractivity contribution in [1.82, 2.24) is 9.97 Å². The van der Waals surface area contributed by atoms with Crippen LogP contribution in [0.1, 0.15) is 0 Å². The van der Waals surface area contributed by atoms with Gasteiger partial charge in [0.1, 0.15) is 0 Å². The lowest BCUT2D eigenvalue weighted by Gasteiger charge is -1.81. The summed E-state index contributed by atoms with van der Waals surface area (Å²) in [7, 11) is 0. The Morgan fingerprint density at radius 3 is 3.30 bits per heavy atom. The lowest BCUT2D eigenvalue weighted by molar-refractivity contribution is 0.518. The van der Waals surface area contributed by atoms with Crippen LogP contribution in [0.3, 0.4) is 0 Å². The summed E-state index contributed by atoms with van der Waals surface area (Å²) in [6, 6.07) is 1.66. The molecule has 50 valence electrons. The molecule has 0 aliphatic heterocycles. The molecular weight excluding hydrogens is 132 g/mol. The van der Waals surface area contributed by atoms with E-state index in [1.54, 1.807) is 6.07 Å². The van der Waals surface area contributed by atoms with E-state index in [0.29, 0.717) is 11.0 Å². The summed E-state index contributed by atoms with van der Waals surface area (Å²) < 4.78 is 4.56. The summed E-state index contributed by atoms with van der Waals surface area (Å²) in [5.74, 6) is 0. The molecule has 2 heterocycles. The maximum Gasteiger partial charge on any atom is 0.363 e. The lowest BCUT2D eigenvalue weighted by Crippen LogP contribution is -1.96. The molecule has 0 saturated heterocycles. The normalized spacial score (nSPS) is 10.4. The van der Waals surface area contributed by atoms with Crippen molar-refractivity contribution in [3.63, 3.8) is 0 Å². The summed E-state index contributed by atoms with van der Waals surface area (Å²) in [4.78, 5) is 17.3. The van der Waals surface area contributed by atoms with Crippen molar-refractivity contribution < 1.29 is 4.42 Å². The Balaban J connectivity index is 3.09. The fourth-order valence-corrected chi connectivity index (χ4v) is 0.814. The SMILES string of the molecule is O=c1occc2[nH]cnc12. The molecule has 0 aliphatic rings. The smallest absolute Gasteiger partial charge is 0.363 e. The zero-order valence-corrected chi connectivity index (χ0v) is 5.00. The number of aromatic amines is 1. The molecule has 0 aliphatic carbocycles. The van der Waals surface area contributed by atoms with E-state index in [9.17, 15) is 4.79 Å². The van der Waals surface area contributed by atoms with Crippen molar-refractivity contribution in [3.8, 4) is 0 Å². The predicted molar refractivity (Wildman–Crippen MR) is 34.6 cm³/mol. The number of rotatable bonds is 0. The third kappa shape index (κ3) is 0.556. The van der Waals surface area contributed by atoms with Gasteiger partial charge in [-0.15, -0.1) is 0 Å². The second kappa shape index (κ2) is 1.70. The summed E-state index contributed by atoms with van der Waals surface area (Å²) in [5, 5.41) is 0. The standard InChI is InChI=1S/C6H4N2O2/c9-6-5-4(1-2-10-6)7-3-8-5/h1-3H,(H,7,8). The number of hydrogen-bond donors (Lipinski definition) is 1. The van der Waals surface area contributed by atoms with Gasteiger partial charge >= 0.3 is 5.63 Å². The highest BCUT2D eigenvalue weighted by molar-refractivity contribution is 5.71. The van der Waals surface area contributed by atoms with Gasteiger partial charge in [0.15, 0.2) is 5.52 Å². The molecule has 0 saturated carbocycles. The number of nitrogens with one attached hydrogen (secondary N) is 1. The summed E-state index contributed by atoms with van der Waals surface area (Å²) in [6.07, 6.45) is 2.80. The molecule has 0 aromatic carbocycles. The molecule has 1 N–H and O–H groups in total. The number of nitrogens with zero attached hydrogens (tertiary/aromatic N) is 1. The number of fused-ring (bicyclic) bond motifs is 1. The Kier molecular flexibility index (Phi) is 0.887.